The van der Waals surface area contributed by atoms with Gasteiger partial charge in [0.05, 0.1) is 15.0 Å². The standard InChI is InChI=1S/C16H21BrN2OS/c1-4-5-6-11-7-8-12-13(9-11)21-16(18-12)19-15(20)14(17)10(2)3/h7-10,14H,4-6H2,1-3H3,(H,18,19,20)/t14-/m0/s1. The van der Waals surface area contributed by atoms with Gasteiger partial charge in [0.25, 0.3) is 0 Å². The number of aromatic nitrogens is 1. The lowest BCUT2D eigenvalue weighted by Crippen LogP contribution is -2.26. The fourth-order valence-corrected chi connectivity index (χ4v) is 3.08. The number of fused-ring (bicyclic) bond motifs is 1. The van der Waals surface area contributed by atoms with E-state index in [2.05, 4.69) is 45.3 Å². The summed E-state index contributed by atoms with van der Waals surface area (Å²) in [4.78, 5) is 16.3. The van der Waals surface area contributed by atoms with E-state index in [4.69, 9.17) is 0 Å². The van der Waals surface area contributed by atoms with Crippen molar-refractivity contribution in [3.05, 3.63) is 23.8 Å². The molecule has 0 aliphatic rings. The summed E-state index contributed by atoms with van der Waals surface area (Å²) in [5, 5.41) is 3.57. The van der Waals surface area contributed by atoms with Gasteiger partial charge in [0.2, 0.25) is 5.91 Å². The highest BCUT2D eigenvalue weighted by molar-refractivity contribution is 9.10. The lowest BCUT2D eigenvalue weighted by atomic mass is 10.1. The largest absolute Gasteiger partial charge is 0.301 e. The van der Waals surface area contributed by atoms with Crippen molar-refractivity contribution in [2.75, 3.05) is 5.32 Å². The first kappa shape index (κ1) is 16.4. The van der Waals surface area contributed by atoms with E-state index in [0.717, 1.165) is 16.6 Å². The Morgan fingerprint density at radius 1 is 1.43 bits per heavy atom. The number of halogens is 1. The van der Waals surface area contributed by atoms with Crippen molar-refractivity contribution in [3.63, 3.8) is 0 Å². The van der Waals surface area contributed by atoms with Gasteiger partial charge in [-0.25, -0.2) is 4.98 Å². The molecule has 1 amide bonds. The average Bonchev–Trinajstić information content (AvgIpc) is 2.85. The summed E-state index contributed by atoms with van der Waals surface area (Å²) < 4.78 is 1.13. The molecule has 1 aromatic carbocycles. The topological polar surface area (TPSA) is 42.0 Å². The van der Waals surface area contributed by atoms with Gasteiger partial charge in [-0.1, -0.05) is 60.5 Å². The van der Waals surface area contributed by atoms with Crippen molar-refractivity contribution < 1.29 is 4.79 Å². The second-order valence-electron chi connectivity index (χ2n) is 5.56. The number of unbranched alkanes of at least 4 members (excludes halogenated alkanes) is 1. The molecule has 3 nitrogen and oxygen atoms in total. The lowest BCUT2D eigenvalue weighted by Gasteiger charge is -2.11. The van der Waals surface area contributed by atoms with Crippen molar-refractivity contribution >= 4 is 48.5 Å². The number of hydrogen-bond donors (Lipinski definition) is 1. The summed E-state index contributed by atoms with van der Waals surface area (Å²) in [7, 11) is 0. The predicted molar refractivity (Wildman–Crippen MR) is 94.4 cm³/mol. The number of anilines is 1. The van der Waals surface area contributed by atoms with Crippen LogP contribution in [0.25, 0.3) is 10.2 Å². The maximum atomic E-state index is 12.0. The van der Waals surface area contributed by atoms with Gasteiger partial charge in [0, 0.05) is 0 Å². The van der Waals surface area contributed by atoms with Crippen LogP contribution in [0, 0.1) is 5.92 Å². The number of hydrogen-bond acceptors (Lipinski definition) is 3. The van der Waals surface area contributed by atoms with Crippen molar-refractivity contribution in [3.8, 4) is 0 Å². The van der Waals surface area contributed by atoms with Gasteiger partial charge in [-0.3, -0.25) is 4.79 Å². The third-order valence-corrected chi connectivity index (χ3v) is 5.74. The van der Waals surface area contributed by atoms with Crippen LogP contribution in [-0.4, -0.2) is 15.7 Å². The van der Waals surface area contributed by atoms with E-state index in [1.54, 1.807) is 0 Å². The number of benzene rings is 1. The van der Waals surface area contributed by atoms with Gasteiger partial charge >= 0.3 is 0 Å². The number of nitrogens with zero attached hydrogens (tertiary/aromatic N) is 1. The molecule has 0 aliphatic heterocycles. The minimum atomic E-state index is -0.190. The van der Waals surface area contributed by atoms with Crippen LogP contribution >= 0.6 is 27.3 Å². The van der Waals surface area contributed by atoms with Crippen LogP contribution in [0.4, 0.5) is 5.13 Å². The molecular weight excluding hydrogens is 348 g/mol. The molecule has 1 aromatic heterocycles. The molecule has 0 fully saturated rings. The smallest absolute Gasteiger partial charge is 0.240 e. The van der Waals surface area contributed by atoms with Gasteiger partial charge in [0.15, 0.2) is 5.13 Å². The number of alkyl halides is 1. The van der Waals surface area contributed by atoms with E-state index < -0.39 is 0 Å². The SMILES string of the molecule is CCCCc1ccc2nc(NC(=O)[C@@H](Br)C(C)C)sc2c1. The van der Waals surface area contributed by atoms with Crippen molar-refractivity contribution in [1.29, 1.82) is 0 Å². The summed E-state index contributed by atoms with van der Waals surface area (Å²) in [6, 6.07) is 6.36. The van der Waals surface area contributed by atoms with Crippen LogP contribution in [0.15, 0.2) is 18.2 Å². The monoisotopic (exact) mass is 368 g/mol. The Hall–Kier alpha value is -0.940. The van der Waals surface area contributed by atoms with Crippen LogP contribution in [0.3, 0.4) is 0 Å². The molecule has 114 valence electrons. The molecule has 0 bridgehead atoms. The second kappa shape index (κ2) is 7.36. The molecule has 1 atom stereocenters. The Morgan fingerprint density at radius 3 is 2.86 bits per heavy atom. The van der Waals surface area contributed by atoms with Gasteiger partial charge in [-0.05, 0) is 36.5 Å². The molecule has 1 N–H and O–H groups in total. The predicted octanol–water partition coefficient (Wildman–Crippen LogP) is 5.00. The maximum Gasteiger partial charge on any atom is 0.240 e. The van der Waals surface area contributed by atoms with Crippen LogP contribution in [0.2, 0.25) is 0 Å². The van der Waals surface area contributed by atoms with Gasteiger partial charge in [-0.2, -0.15) is 0 Å². The van der Waals surface area contributed by atoms with Crippen molar-refractivity contribution in [1.82, 2.24) is 4.98 Å². The first-order chi connectivity index (χ1) is 10.0. The van der Waals surface area contributed by atoms with Crippen LogP contribution in [-0.2, 0) is 11.2 Å². The molecule has 2 rings (SSSR count). The molecule has 0 saturated heterocycles. The first-order valence-electron chi connectivity index (χ1n) is 7.35. The minimum absolute atomic E-state index is 0.0322. The summed E-state index contributed by atoms with van der Waals surface area (Å²) in [5.41, 5.74) is 2.29. The lowest BCUT2D eigenvalue weighted by molar-refractivity contribution is -0.116. The Labute approximate surface area is 138 Å². The molecule has 21 heavy (non-hydrogen) atoms. The number of rotatable bonds is 6. The van der Waals surface area contributed by atoms with Crippen molar-refractivity contribution in [2.45, 2.75) is 44.9 Å². The number of carbonyl (C=O) groups is 1. The summed E-state index contributed by atoms with van der Waals surface area (Å²) in [6.45, 7) is 6.22. The molecule has 2 aromatic rings. The first-order valence-corrected chi connectivity index (χ1v) is 9.09. The number of nitrogens with one attached hydrogen (secondary N) is 1. The average molecular weight is 369 g/mol. The highest BCUT2D eigenvalue weighted by Crippen LogP contribution is 2.28. The van der Waals surface area contributed by atoms with E-state index in [1.807, 2.05) is 19.9 Å². The van der Waals surface area contributed by atoms with Gasteiger partial charge in [0.1, 0.15) is 0 Å². The van der Waals surface area contributed by atoms with Crippen LogP contribution < -0.4 is 5.32 Å². The molecule has 0 spiro atoms. The Kier molecular flexibility index (Phi) is 5.76. The van der Waals surface area contributed by atoms with Crippen molar-refractivity contribution in [2.24, 2.45) is 5.92 Å². The van der Waals surface area contributed by atoms with Crippen LogP contribution in [0.5, 0.6) is 0 Å². The molecule has 5 heteroatoms. The molecule has 0 aliphatic carbocycles. The zero-order valence-electron chi connectivity index (χ0n) is 12.6. The molecule has 0 saturated carbocycles. The quantitative estimate of drug-likeness (QED) is 0.729. The third-order valence-electron chi connectivity index (χ3n) is 3.34. The number of aryl methyl sites for hydroxylation is 1. The molecule has 1 heterocycles. The molecule has 0 unspecified atom stereocenters. The highest BCUT2D eigenvalue weighted by Gasteiger charge is 2.19. The fourth-order valence-electron chi connectivity index (χ4n) is 2.04. The van der Waals surface area contributed by atoms with E-state index in [1.165, 1.54) is 29.7 Å². The summed E-state index contributed by atoms with van der Waals surface area (Å²) in [6.07, 6.45) is 3.50. The Morgan fingerprint density at radius 2 is 2.19 bits per heavy atom. The maximum absolute atomic E-state index is 12.0. The number of carbonyl (C=O) groups excluding carboxylic acids is 1. The number of thiazole rings is 1. The zero-order chi connectivity index (χ0) is 15.4. The zero-order valence-corrected chi connectivity index (χ0v) is 15.1. The van der Waals surface area contributed by atoms with Crippen LogP contribution in [0.1, 0.15) is 39.2 Å². The van der Waals surface area contributed by atoms with Gasteiger partial charge < -0.3 is 5.32 Å². The summed E-state index contributed by atoms with van der Waals surface area (Å²) >= 11 is 4.95. The molecule has 0 radical (unpaired) electrons. The Bertz CT molecular complexity index is 624. The fraction of sp³-hybridized carbons (Fsp3) is 0.500. The Balaban J connectivity index is 2.13. The van der Waals surface area contributed by atoms with E-state index in [-0.39, 0.29) is 16.7 Å². The molecular formula is C16H21BrN2OS. The highest BCUT2D eigenvalue weighted by atomic mass is 79.9. The summed E-state index contributed by atoms with van der Waals surface area (Å²) in [5.74, 6) is 0.218. The minimum Gasteiger partial charge on any atom is -0.301 e. The number of amides is 1. The van der Waals surface area contributed by atoms with E-state index >= 15 is 0 Å². The van der Waals surface area contributed by atoms with E-state index in [0.29, 0.717) is 5.13 Å². The van der Waals surface area contributed by atoms with E-state index in [9.17, 15) is 4.79 Å². The second-order valence-corrected chi connectivity index (χ2v) is 7.58. The normalized spacial score (nSPS) is 12.8. The van der Waals surface area contributed by atoms with Gasteiger partial charge in [-0.15, -0.1) is 0 Å². The third kappa shape index (κ3) is 4.27.